The average Bonchev–Trinajstić information content (AvgIpc) is 2.46. The fraction of sp³-hybridized carbons (Fsp3) is 0.929. The molecule has 1 amide bonds. The molecule has 1 saturated heterocycles. The van der Waals surface area contributed by atoms with E-state index in [0.717, 1.165) is 38.7 Å². The van der Waals surface area contributed by atoms with Gasteiger partial charge in [-0.2, -0.15) is 0 Å². The maximum atomic E-state index is 12.5. The second-order valence-corrected chi connectivity index (χ2v) is 5.75. The highest BCUT2D eigenvalue weighted by Gasteiger charge is 2.31. The van der Waals surface area contributed by atoms with Crippen molar-refractivity contribution in [3.8, 4) is 0 Å². The van der Waals surface area contributed by atoms with Crippen molar-refractivity contribution in [3.05, 3.63) is 0 Å². The largest absolute Gasteiger partial charge is 0.368 e. The van der Waals surface area contributed by atoms with Gasteiger partial charge in [0.15, 0.2) is 0 Å². The summed E-state index contributed by atoms with van der Waals surface area (Å²) in [7, 11) is 0. The van der Waals surface area contributed by atoms with E-state index in [4.69, 9.17) is 16.3 Å². The zero-order chi connectivity index (χ0) is 12.8. The molecule has 0 spiro atoms. The standard InChI is InChI=1S/C14H24ClNO2/c15-9-10-16(12-6-2-1-3-7-12)14(17)13-8-4-5-11-18-13/h12-13H,1-11H2. The van der Waals surface area contributed by atoms with E-state index < -0.39 is 0 Å². The number of nitrogens with zero attached hydrogens (tertiary/aromatic N) is 1. The summed E-state index contributed by atoms with van der Waals surface area (Å²) in [5.74, 6) is 0.705. The molecule has 104 valence electrons. The highest BCUT2D eigenvalue weighted by Crippen LogP contribution is 2.25. The summed E-state index contributed by atoms with van der Waals surface area (Å²) in [5, 5.41) is 0. The number of alkyl halides is 1. The minimum absolute atomic E-state index is 0.183. The highest BCUT2D eigenvalue weighted by atomic mass is 35.5. The first-order valence-electron chi connectivity index (χ1n) is 7.31. The first kappa shape index (κ1) is 14.1. The van der Waals surface area contributed by atoms with Crippen LogP contribution in [0.1, 0.15) is 51.4 Å². The second kappa shape index (κ2) is 7.34. The number of halogens is 1. The summed E-state index contributed by atoms with van der Waals surface area (Å²) in [6.07, 6.45) is 8.92. The molecule has 1 saturated carbocycles. The van der Waals surface area contributed by atoms with Gasteiger partial charge in [0.1, 0.15) is 6.10 Å². The smallest absolute Gasteiger partial charge is 0.251 e. The Morgan fingerprint density at radius 1 is 1.11 bits per heavy atom. The monoisotopic (exact) mass is 273 g/mol. The molecular weight excluding hydrogens is 250 g/mol. The minimum atomic E-state index is -0.205. The molecule has 0 aromatic rings. The van der Waals surface area contributed by atoms with Gasteiger partial charge < -0.3 is 9.64 Å². The lowest BCUT2D eigenvalue weighted by atomic mass is 9.93. The summed E-state index contributed by atoms with van der Waals surface area (Å²) in [5.41, 5.74) is 0. The third-order valence-corrected chi connectivity index (χ3v) is 4.25. The van der Waals surface area contributed by atoms with Crippen LogP contribution in [0.5, 0.6) is 0 Å². The van der Waals surface area contributed by atoms with E-state index in [-0.39, 0.29) is 12.0 Å². The Balaban J connectivity index is 1.96. The van der Waals surface area contributed by atoms with E-state index in [1.807, 2.05) is 4.90 Å². The first-order chi connectivity index (χ1) is 8.83. The van der Waals surface area contributed by atoms with E-state index in [1.54, 1.807) is 0 Å². The molecule has 3 nitrogen and oxygen atoms in total. The van der Waals surface area contributed by atoms with E-state index >= 15 is 0 Å². The fourth-order valence-electron chi connectivity index (χ4n) is 3.08. The molecular formula is C14H24ClNO2. The molecule has 2 rings (SSSR count). The molecule has 0 aromatic carbocycles. The molecule has 1 heterocycles. The molecule has 2 aliphatic rings. The molecule has 0 N–H and O–H groups in total. The van der Waals surface area contributed by atoms with Crippen molar-refractivity contribution in [2.45, 2.75) is 63.5 Å². The summed E-state index contributed by atoms with van der Waals surface area (Å²) in [6.45, 7) is 1.40. The van der Waals surface area contributed by atoms with Gasteiger partial charge in [-0.1, -0.05) is 19.3 Å². The lowest BCUT2D eigenvalue weighted by Gasteiger charge is -2.37. The van der Waals surface area contributed by atoms with Crippen LogP contribution in [0.3, 0.4) is 0 Å². The Morgan fingerprint density at radius 2 is 1.83 bits per heavy atom. The van der Waals surface area contributed by atoms with Crippen molar-refractivity contribution in [1.29, 1.82) is 0 Å². The van der Waals surface area contributed by atoms with Gasteiger partial charge >= 0.3 is 0 Å². The number of amides is 1. The summed E-state index contributed by atoms with van der Waals surface area (Å²) >= 11 is 5.86. The predicted molar refractivity (Wildman–Crippen MR) is 72.9 cm³/mol. The molecule has 2 fully saturated rings. The van der Waals surface area contributed by atoms with Crippen LogP contribution >= 0.6 is 11.6 Å². The number of ether oxygens (including phenoxy) is 1. The quantitative estimate of drug-likeness (QED) is 0.737. The molecule has 0 bridgehead atoms. The van der Waals surface area contributed by atoms with E-state index in [2.05, 4.69) is 0 Å². The van der Waals surface area contributed by atoms with Gasteiger partial charge in [0.05, 0.1) is 0 Å². The predicted octanol–water partition coefficient (Wildman–Crippen LogP) is 2.96. The maximum absolute atomic E-state index is 12.5. The zero-order valence-corrected chi connectivity index (χ0v) is 11.8. The molecule has 1 aliphatic carbocycles. The Bertz CT molecular complexity index is 261. The summed E-state index contributed by atoms with van der Waals surface area (Å²) < 4.78 is 5.62. The number of hydrogen-bond acceptors (Lipinski definition) is 2. The number of carbonyl (C=O) groups is 1. The lowest BCUT2D eigenvalue weighted by Crippen LogP contribution is -2.48. The lowest BCUT2D eigenvalue weighted by molar-refractivity contribution is -0.149. The highest BCUT2D eigenvalue weighted by molar-refractivity contribution is 6.18. The molecule has 1 aliphatic heterocycles. The van der Waals surface area contributed by atoms with Crippen LogP contribution in [-0.2, 0) is 9.53 Å². The normalized spacial score (nSPS) is 25.9. The van der Waals surface area contributed by atoms with Crippen molar-refractivity contribution in [2.75, 3.05) is 19.0 Å². The van der Waals surface area contributed by atoms with Crippen LogP contribution in [0, 0.1) is 0 Å². The Hall–Kier alpha value is -0.280. The molecule has 4 heteroatoms. The van der Waals surface area contributed by atoms with E-state index in [9.17, 15) is 4.79 Å². The SMILES string of the molecule is O=C(C1CCCCO1)N(CCCl)C1CCCCC1. The van der Waals surface area contributed by atoms with Crippen LogP contribution in [0.15, 0.2) is 0 Å². The van der Waals surface area contributed by atoms with Gasteiger partial charge in [0.25, 0.3) is 5.91 Å². The molecule has 0 radical (unpaired) electrons. The Morgan fingerprint density at radius 3 is 2.44 bits per heavy atom. The minimum Gasteiger partial charge on any atom is -0.368 e. The third kappa shape index (κ3) is 3.61. The van der Waals surface area contributed by atoms with Gasteiger partial charge in [0, 0.05) is 25.1 Å². The maximum Gasteiger partial charge on any atom is 0.251 e. The van der Waals surface area contributed by atoms with Crippen molar-refractivity contribution in [1.82, 2.24) is 4.90 Å². The van der Waals surface area contributed by atoms with Gasteiger partial charge in [-0.05, 0) is 32.1 Å². The summed E-state index contributed by atoms with van der Waals surface area (Å²) in [6, 6.07) is 0.399. The molecule has 0 aromatic heterocycles. The van der Waals surface area contributed by atoms with Crippen LogP contribution in [0.4, 0.5) is 0 Å². The topological polar surface area (TPSA) is 29.5 Å². The van der Waals surface area contributed by atoms with E-state index in [1.165, 1.54) is 19.3 Å². The number of rotatable bonds is 4. The van der Waals surface area contributed by atoms with Crippen LogP contribution in [-0.4, -0.2) is 42.0 Å². The van der Waals surface area contributed by atoms with Crippen LogP contribution in [0.25, 0.3) is 0 Å². The number of hydrogen-bond donors (Lipinski definition) is 0. The first-order valence-corrected chi connectivity index (χ1v) is 7.84. The van der Waals surface area contributed by atoms with Crippen molar-refractivity contribution >= 4 is 17.5 Å². The second-order valence-electron chi connectivity index (χ2n) is 5.37. The third-order valence-electron chi connectivity index (χ3n) is 4.08. The molecule has 1 unspecified atom stereocenters. The van der Waals surface area contributed by atoms with Crippen molar-refractivity contribution < 1.29 is 9.53 Å². The molecule has 1 atom stereocenters. The van der Waals surface area contributed by atoms with Crippen molar-refractivity contribution in [2.24, 2.45) is 0 Å². The van der Waals surface area contributed by atoms with E-state index in [0.29, 0.717) is 18.5 Å². The van der Waals surface area contributed by atoms with Crippen LogP contribution < -0.4 is 0 Å². The van der Waals surface area contributed by atoms with Gasteiger partial charge in [-0.15, -0.1) is 11.6 Å². The van der Waals surface area contributed by atoms with Gasteiger partial charge in [-0.25, -0.2) is 0 Å². The van der Waals surface area contributed by atoms with Gasteiger partial charge in [-0.3, -0.25) is 4.79 Å². The van der Waals surface area contributed by atoms with Gasteiger partial charge in [0.2, 0.25) is 0 Å². The number of carbonyl (C=O) groups excluding carboxylic acids is 1. The Kier molecular flexibility index (Phi) is 5.77. The van der Waals surface area contributed by atoms with Crippen LogP contribution in [0.2, 0.25) is 0 Å². The zero-order valence-electron chi connectivity index (χ0n) is 11.1. The van der Waals surface area contributed by atoms with Crippen molar-refractivity contribution in [3.63, 3.8) is 0 Å². The summed E-state index contributed by atoms with van der Waals surface area (Å²) in [4.78, 5) is 14.5. The molecule has 18 heavy (non-hydrogen) atoms. The fourth-order valence-corrected chi connectivity index (χ4v) is 3.26. The average molecular weight is 274 g/mol. The Labute approximate surface area is 115 Å².